The van der Waals surface area contributed by atoms with Gasteiger partial charge in [0.2, 0.25) is 0 Å². The van der Waals surface area contributed by atoms with Crippen LogP contribution in [-0.4, -0.2) is 10.8 Å². The highest BCUT2D eigenvalue weighted by molar-refractivity contribution is 6.30. The molecule has 0 radical (unpaired) electrons. The van der Waals surface area contributed by atoms with Gasteiger partial charge in [-0.25, -0.2) is 0 Å². The van der Waals surface area contributed by atoms with Crippen molar-refractivity contribution in [3.63, 3.8) is 0 Å². The number of hydrogen-bond acceptors (Lipinski definition) is 1. The van der Waals surface area contributed by atoms with Gasteiger partial charge in [-0.3, -0.25) is 4.79 Å². The summed E-state index contributed by atoms with van der Waals surface area (Å²) in [6, 6.07) is 27.5. The standard InChI is InChI=1S/C24H18ClNO/c25-22-13-11-18(12-14-22)15-21-16-23(20-9-5-2-6-10-20)26(24(21)27)17-19-7-3-1-4-8-19/h1-16H,17H2/b21-15+. The van der Waals surface area contributed by atoms with Gasteiger partial charge in [-0.2, -0.15) is 0 Å². The average molecular weight is 372 g/mol. The lowest BCUT2D eigenvalue weighted by molar-refractivity contribution is -0.123. The summed E-state index contributed by atoms with van der Waals surface area (Å²) in [5, 5.41) is 0.682. The molecule has 0 aliphatic carbocycles. The van der Waals surface area contributed by atoms with E-state index in [1.165, 1.54) is 0 Å². The zero-order chi connectivity index (χ0) is 18.6. The SMILES string of the molecule is O=C1/C(=C/c2ccc(Cl)cc2)C=C(c2ccccc2)N1Cc1ccccc1. The van der Waals surface area contributed by atoms with E-state index in [9.17, 15) is 4.79 Å². The summed E-state index contributed by atoms with van der Waals surface area (Å²) in [6.45, 7) is 0.540. The van der Waals surface area contributed by atoms with Crippen molar-refractivity contribution in [1.82, 2.24) is 4.90 Å². The third-order valence-electron chi connectivity index (χ3n) is 4.52. The highest BCUT2D eigenvalue weighted by Gasteiger charge is 2.28. The highest BCUT2D eigenvalue weighted by atomic mass is 35.5. The second-order valence-corrected chi connectivity index (χ2v) is 6.86. The molecule has 0 N–H and O–H groups in total. The molecule has 0 saturated heterocycles. The molecule has 132 valence electrons. The Morgan fingerprint density at radius 2 is 1.44 bits per heavy atom. The molecular formula is C24H18ClNO. The Balaban J connectivity index is 1.72. The second-order valence-electron chi connectivity index (χ2n) is 6.42. The number of rotatable bonds is 4. The Morgan fingerprint density at radius 1 is 0.815 bits per heavy atom. The predicted molar refractivity (Wildman–Crippen MR) is 111 cm³/mol. The second kappa shape index (κ2) is 7.65. The molecule has 0 atom stereocenters. The van der Waals surface area contributed by atoms with Crippen LogP contribution in [0.25, 0.3) is 11.8 Å². The monoisotopic (exact) mass is 371 g/mol. The molecule has 0 aromatic heterocycles. The highest BCUT2D eigenvalue weighted by Crippen LogP contribution is 2.32. The fourth-order valence-corrected chi connectivity index (χ4v) is 3.29. The van der Waals surface area contributed by atoms with Crippen molar-refractivity contribution in [2.75, 3.05) is 0 Å². The van der Waals surface area contributed by atoms with E-state index in [0.717, 1.165) is 22.4 Å². The van der Waals surface area contributed by atoms with Crippen LogP contribution in [0.1, 0.15) is 16.7 Å². The summed E-state index contributed by atoms with van der Waals surface area (Å²) >= 11 is 5.97. The Bertz CT molecular complexity index is 1010. The fraction of sp³-hybridized carbons (Fsp3) is 0.0417. The molecular weight excluding hydrogens is 354 g/mol. The van der Waals surface area contributed by atoms with E-state index >= 15 is 0 Å². The fourth-order valence-electron chi connectivity index (χ4n) is 3.17. The molecule has 2 nitrogen and oxygen atoms in total. The number of nitrogens with zero attached hydrogens (tertiary/aromatic N) is 1. The van der Waals surface area contributed by atoms with Gasteiger partial charge in [0.15, 0.2) is 0 Å². The van der Waals surface area contributed by atoms with E-state index in [1.54, 1.807) is 0 Å². The maximum Gasteiger partial charge on any atom is 0.258 e. The number of carbonyl (C=O) groups is 1. The molecule has 3 aromatic rings. The first-order chi connectivity index (χ1) is 13.2. The number of halogens is 1. The van der Waals surface area contributed by atoms with E-state index in [1.807, 2.05) is 102 Å². The van der Waals surface area contributed by atoms with Gasteiger partial charge >= 0.3 is 0 Å². The summed E-state index contributed by atoms with van der Waals surface area (Å²) in [4.78, 5) is 15.0. The van der Waals surface area contributed by atoms with Gasteiger partial charge in [0, 0.05) is 10.6 Å². The van der Waals surface area contributed by atoms with Gasteiger partial charge in [-0.05, 0) is 41.0 Å². The summed E-state index contributed by atoms with van der Waals surface area (Å²) in [5.41, 5.74) is 4.67. The third-order valence-corrected chi connectivity index (χ3v) is 4.77. The molecule has 3 heteroatoms. The van der Waals surface area contributed by atoms with Gasteiger partial charge in [-0.15, -0.1) is 0 Å². The van der Waals surface area contributed by atoms with E-state index in [0.29, 0.717) is 17.1 Å². The van der Waals surface area contributed by atoms with Crippen LogP contribution in [0.5, 0.6) is 0 Å². The van der Waals surface area contributed by atoms with Crippen LogP contribution in [0.4, 0.5) is 0 Å². The van der Waals surface area contributed by atoms with Gasteiger partial charge in [0.1, 0.15) is 0 Å². The topological polar surface area (TPSA) is 20.3 Å². The maximum atomic E-state index is 13.1. The molecule has 27 heavy (non-hydrogen) atoms. The van der Waals surface area contributed by atoms with Crippen LogP contribution in [0.3, 0.4) is 0 Å². The van der Waals surface area contributed by atoms with Crippen LogP contribution in [0.2, 0.25) is 5.02 Å². The number of benzene rings is 3. The largest absolute Gasteiger partial charge is 0.303 e. The van der Waals surface area contributed by atoms with Crippen molar-refractivity contribution >= 4 is 29.3 Å². The molecule has 0 unspecified atom stereocenters. The lowest BCUT2D eigenvalue weighted by atomic mass is 10.1. The summed E-state index contributed by atoms with van der Waals surface area (Å²) in [5.74, 6) is 0.00709. The first-order valence-electron chi connectivity index (χ1n) is 8.81. The van der Waals surface area contributed by atoms with E-state index < -0.39 is 0 Å². The molecule has 0 bridgehead atoms. The molecule has 4 rings (SSSR count). The molecule has 0 saturated carbocycles. The van der Waals surface area contributed by atoms with Crippen LogP contribution in [0.15, 0.2) is 96.6 Å². The van der Waals surface area contributed by atoms with Gasteiger partial charge < -0.3 is 4.90 Å². The van der Waals surface area contributed by atoms with Gasteiger partial charge in [0.25, 0.3) is 5.91 Å². The molecule has 1 amide bonds. The van der Waals surface area contributed by atoms with Crippen molar-refractivity contribution in [3.8, 4) is 0 Å². The molecule has 0 fully saturated rings. The minimum absolute atomic E-state index is 0.00709. The zero-order valence-electron chi connectivity index (χ0n) is 14.7. The number of amides is 1. The molecule has 0 spiro atoms. The van der Waals surface area contributed by atoms with Crippen LogP contribution in [0, 0.1) is 0 Å². The van der Waals surface area contributed by atoms with Crippen LogP contribution >= 0.6 is 11.6 Å². The zero-order valence-corrected chi connectivity index (χ0v) is 15.4. The van der Waals surface area contributed by atoms with E-state index in [2.05, 4.69) is 0 Å². The Labute approximate surface area is 164 Å². The molecule has 1 aliphatic rings. The Morgan fingerprint density at radius 3 is 2.11 bits per heavy atom. The van der Waals surface area contributed by atoms with Crippen molar-refractivity contribution in [1.29, 1.82) is 0 Å². The first-order valence-corrected chi connectivity index (χ1v) is 9.19. The third kappa shape index (κ3) is 3.86. The van der Waals surface area contributed by atoms with Crippen molar-refractivity contribution in [3.05, 3.63) is 118 Å². The molecule has 1 heterocycles. The lowest BCUT2D eigenvalue weighted by Gasteiger charge is -2.20. The summed E-state index contributed by atoms with van der Waals surface area (Å²) in [6.07, 6.45) is 3.88. The van der Waals surface area contributed by atoms with Gasteiger partial charge in [0.05, 0.1) is 12.2 Å². The minimum atomic E-state index is 0.00709. The van der Waals surface area contributed by atoms with Crippen LogP contribution in [-0.2, 0) is 11.3 Å². The van der Waals surface area contributed by atoms with E-state index in [4.69, 9.17) is 11.6 Å². The quantitative estimate of drug-likeness (QED) is 0.530. The van der Waals surface area contributed by atoms with Crippen molar-refractivity contribution in [2.45, 2.75) is 6.54 Å². The summed E-state index contributed by atoms with van der Waals surface area (Å²) in [7, 11) is 0. The molecule has 3 aromatic carbocycles. The lowest BCUT2D eigenvalue weighted by Crippen LogP contribution is -2.25. The predicted octanol–water partition coefficient (Wildman–Crippen LogP) is 5.81. The first kappa shape index (κ1) is 17.3. The Hall–Kier alpha value is -3.10. The summed E-state index contributed by atoms with van der Waals surface area (Å²) < 4.78 is 0. The van der Waals surface area contributed by atoms with Crippen molar-refractivity contribution < 1.29 is 4.79 Å². The van der Waals surface area contributed by atoms with Crippen LogP contribution < -0.4 is 0 Å². The normalized spacial score (nSPS) is 15.3. The molecule has 1 aliphatic heterocycles. The average Bonchev–Trinajstić information content (AvgIpc) is 3.01. The number of hydrogen-bond donors (Lipinski definition) is 0. The number of carbonyl (C=O) groups excluding carboxylic acids is 1. The maximum absolute atomic E-state index is 13.1. The van der Waals surface area contributed by atoms with Crippen molar-refractivity contribution in [2.24, 2.45) is 0 Å². The van der Waals surface area contributed by atoms with E-state index in [-0.39, 0.29) is 5.91 Å². The van der Waals surface area contributed by atoms with Gasteiger partial charge in [-0.1, -0.05) is 84.4 Å². The smallest absolute Gasteiger partial charge is 0.258 e. The Kier molecular flexibility index (Phi) is 4.91. The minimum Gasteiger partial charge on any atom is -0.303 e.